The van der Waals surface area contributed by atoms with E-state index < -0.39 is 0 Å². The Morgan fingerprint density at radius 2 is 1.90 bits per heavy atom. The van der Waals surface area contributed by atoms with Crippen LogP contribution < -0.4 is 16.8 Å². The van der Waals surface area contributed by atoms with E-state index in [2.05, 4.69) is 50.3 Å². The molecule has 1 aromatic heterocycles. The number of benzene rings is 1. The van der Waals surface area contributed by atoms with E-state index in [-0.39, 0.29) is 12.0 Å². The Bertz CT molecular complexity index is 550. The SMILES string of the molecule is CCCC(Nc1cc(N)nc(N)n1)c1ccc(Br)cc1. The maximum Gasteiger partial charge on any atom is 0.223 e. The number of anilines is 3. The maximum absolute atomic E-state index is 5.69. The summed E-state index contributed by atoms with van der Waals surface area (Å²) in [7, 11) is 0. The lowest BCUT2D eigenvalue weighted by atomic mass is 10.0. The molecule has 0 amide bonds. The van der Waals surface area contributed by atoms with Gasteiger partial charge in [-0.3, -0.25) is 0 Å². The van der Waals surface area contributed by atoms with Crippen LogP contribution in [0, 0.1) is 0 Å². The van der Waals surface area contributed by atoms with Gasteiger partial charge in [0.1, 0.15) is 11.6 Å². The van der Waals surface area contributed by atoms with Crippen molar-refractivity contribution in [3.8, 4) is 0 Å². The molecule has 5 N–H and O–H groups in total. The normalized spacial score (nSPS) is 12.1. The molecular weight excluding hydrogens is 318 g/mol. The standard InChI is InChI=1S/C14H18BrN5/c1-2-3-11(9-4-6-10(15)7-5-9)18-13-8-12(16)19-14(17)20-13/h4-8,11H,2-3H2,1H3,(H5,16,17,18,19,20). The average Bonchev–Trinajstić information content (AvgIpc) is 2.38. The van der Waals surface area contributed by atoms with Gasteiger partial charge in [-0.2, -0.15) is 9.97 Å². The van der Waals surface area contributed by atoms with Crippen molar-refractivity contribution in [3.05, 3.63) is 40.4 Å². The summed E-state index contributed by atoms with van der Waals surface area (Å²) >= 11 is 3.45. The van der Waals surface area contributed by atoms with Crippen LogP contribution in [0.15, 0.2) is 34.8 Å². The van der Waals surface area contributed by atoms with Gasteiger partial charge >= 0.3 is 0 Å². The average molecular weight is 336 g/mol. The molecule has 6 heteroatoms. The Morgan fingerprint density at radius 1 is 1.20 bits per heavy atom. The van der Waals surface area contributed by atoms with Crippen LogP contribution in [0.25, 0.3) is 0 Å². The first kappa shape index (κ1) is 14.6. The third-order valence-corrected chi connectivity index (χ3v) is 3.46. The van der Waals surface area contributed by atoms with Crippen LogP contribution in [-0.2, 0) is 0 Å². The number of hydrogen-bond donors (Lipinski definition) is 3. The molecule has 0 aliphatic rings. The molecule has 0 bridgehead atoms. The molecule has 1 unspecified atom stereocenters. The maximum atomic E-state index is 5.69. The summed E-state index contributed by atoms with van der Waals surface area (Å²) in [6, 6.07) is 10.1. The lowest BCUT2D eigenvalue weighted by Crippen LogP contribution is -2.13. The summed E-state index contributed by atoms with van der Waals surface area (Å²) < 4.78 is 1.06. The van der Waals surface area contributed by atoms with E-state index in [0.717, 1.165) is 17.3 Å². The van der Waals surface area contributed by atoms with Crippen LogP contribution in [-0.4, -0.2) is 9.97 Å². The number of nitrogen functional groups attached to an aromatic ring is 2. The first-order valence-corrected chi connectivity index (χ1v) is 7.30. The molecule has 0 saturated heterocycles. The van der Waals surface area contributed by atoms with Crippen molar-refractivity contribution in [2.45, 2.75) is 25.8 Å². The summed E-state index contributed by atoms with van der Waals surface area (Å²) in [6.45, 7) is 2.15. The van der Waals surface area contributed by atoms with Crippen molar-refractivity contribution in [1.82, 2.24) is 9.97 Å². The van der Waals surface area contributed by atoms with Gasteiger partial charge in [-0.1, -0.05) is 41.4 Å². The van der Waals surface area contributed by atoms with Crippen molar-refractivity contribution in [2.75, 3.05) is 16.8 Å². The van der Waals surface area contributed by atoms with Gasteiger partial charge in [0.05, 0.1) is 6.04 Å². The van der Waals surface area contributed by atoms with Gasteiger partial charge in [0.15, 0.2) is 0 Å². The summed E-state index contributed by atoms with van der Waals surface area (Å²) in [4.78, 5) is 8.04. The van der Waals surface area contributed by atoms with E-state index in [1.165, 1.54) is 5.56 Å². The molecule has 1 atom stereocenters. The molecule has 5 nitrogen and oxygen atoms in total. The fourth-order valence-electron chi connectivity index (χ4n) is 2.04. The molecule has 1 aromatic carbocycles. The highest BCUT2D eigenvalue weighted by atomic mass is 79.9. The Kier molecular flexibility index (Phi) is 4.79. The second kappa shape index (κ2) is 6.56. The smallest absolute Gasteiger partial charge is 0.223 e. The van der Waals surface area contributed by atoms with E-state index in [9.17, 15) is 0 Å². The molecule has 0 aliphatic heterocycles. The van der Waals surface area contributed by atoms with Crippen LogP contribution in [0.2, 0.25) is 0 Å². The van der Waals surface area contributed by atoms with Crippen LogP contribution >= 0.6 is 15.9 Å². The third-order valence-electron chi connectivity index (χ3n) is 2.94. The predicted molar refractivity (Wildman–Crippen MR) is 86.3 cm³/mol. The highest BCUT2D eigenvalue weighted by Crippen LogP contribution is 2.25. The van der Waals surface area contributed by atoms with Crippen LogP contribution in [0.1, 0.15) is 31.4 Å². The predicted octanol–water partition coefficient (Wildman–Crippen LogP) is 3.36. The molecule has 0 radical (unpaired) electrons. The minimum atomic E-state index is 0.168. The number of aromatic nitrogens is 2. The minimum Gasteiger partial charge on any atom is -0.383 e. The van der Waals surface area contributed by atoms with E-state index in [1.54, 1.807) is 6.07 Å². The molecule has 0 saturated carbocycles. The number of nitrogens with one attached hydrogen (secondary N) is 1. The van der Waals surface area contributed by atoms with Crippen molar-refractivity contribution in [1.29, 1.82) is 0 Å². The lowest BCUT2D eigenvalue weighted by molar-refractivity contribution is 0.674. The monoisotopic (exact) mass is 335 g/mol. The molecule has 20 heavy (non-hydrogen) atoms. The number of nitrogens with two attached hydrogens (primary N) is 2. The minimum absolute atomic E-state index is 0.168. The molecule has 1 heterocycles. The van der Waals surface area contributed by atoms with E-state index in [0.29, 0.717) is 11.6 Å². The van der Waals surface area contributed by atoms with E-state index >= 15 is 0 Å². The summed E-state index contributed by atoms with van der Waals surface area (Å²) in [6.07, 6.45) is 2.05. The van der Waals surface area contributed by atoms with E-state index in [1.807, 2.05) is 12.1 Å². The zero-order valence-electron chi connectivity index (χ0n) is 11.3. The van der Waals surface area contributed by atoms with Gasteiger partial charge in [-0.15, -0.1) is 0 Å². The third kappa shape index (κ3) is 3.84. The summed E-state index contributed by atoms with van der Waals surface area (Å²) in [5, 5.41) is 3.37. The Labute approximate surface area is 126 Å². The second-order valence-electron chi connectivity index (χ2n) is 4.57. The topological polar surface area (TPSA) is 89.8 Å². The highest BCUT2D eigenvalue weighted by Gasteiger charge is 2.12. The second-order valence-corrected chi connectivity index (χ2v) is 5.49. The van der Waals surface area contributed by atoms with Crippen molar-refractivity contribution in [2.24, 2.45) is 0 Å². The molecule has 2 rings (SSSR count). The van der Waals surface area contributed by atoms with Crippen LogP contribution in [0.4, 0.5) is 17.6 Å². The molecule has 0 spiro atoms. The van der Waals surface area contributed by atoms with Crippen molar-refractivity contribution < 1.29 is 0 Å². The number of halogens is 1. The lowest BCUT2D eigenvalue weighted by Gasteiger charge is -2.19. The molecular formula is C14H18BrN5. The first-order chi connectivity index (χ1) is 9.58. The molecule has 0 fully saturated rings. The zero-order chi connectivity index (χ0) is 14.5. The van der Waals surface area contributed by atoms with Gasteiger partial charge in [-0.05, 0) is 24.1 Å². The Balaban J connectivity index is 2.22. The fourth-order valence-corrected chi connectivity index (χ4v) is 2.31. The summed E-state index contributed by atoms with van der Waals surface area (Å²) in [5.41, 5.74) is 12.5. The van der Waals surface area contributed by atoms with Gasteiger partial charge in [-0.25, -0.2) is 0 Å². The van der Waals surface area contributed by atoms with Gasteiger partial charge in [0.25, 0.3) is 0 Å². The van der Waals surface area contributed by atoms with Gasteiger partial charge < -0.3 is 16.8 Å². The van der Waals surface area contributed by atoms with Crippen LogP contribution in [0.5, 0.6) is 0 Å². The Hall–Kier alpha value is -1.82. The van der Waals surface area contributed by atoms with Crippen molar-refractivity contribution in [3.63, 3.8) is 0 Å². The number of hydrogen-bond acceptors (Lipinski definition) is 5. The fraction of sp³-hybridized carbons (Fsp3) is 0.286. The quantitative estimate of drug-likeness (QED) is 0.779. The van der Waals surface area contributed by atoms with Gasteiger partial charge in [0.2, 0.25) is 5.95 Å². The zero-order valence-corrected chi connectivity index (χ0v) is 12.9. The first-order valence-electron chi connectivity index (χ1n) is 6.50. The summed E-state index contributed by atoms with van der Waals surface area (Å²) in [5.74, 6) is 1.20. The highest BCUT2D eigenvalue weighted by molar-refractivity contribution is 9.10. The van der Waals surface area contributed by atoms with Crippen molar-refractivity contribution >= 4 is 33.5 Å². The largest absolute Gasteiger partial charge is 0.383 e. The molecule has 0 aliphatic carbocycles. The van der Waals surface area contributed by atoms with Crippen LogP contribution in [0.3, 0.4) is 0 Å². The van der Waals surface area contributed by atoms with E-state index in [4.69, 9.17) is 11.5 Å². The molecule has 106 valence electrons. The Morgan fingerprint density at radius 3 is 2.50 bits per heavy atom. The molecule has 2 aromatic rings. The number of nitrogens with zero attached hydrogens (tertiary/aromatic N) is 2. The van der Waals surface area contributed by atoms with Gasteiger partial charge in [0, 0.05) is 10.5 Å². The number of rotatable bonds is 5.